The van der Waals surface area contributed by atoms with E-state index in [-0.39, 0.29) is 12.5 Å². The molecule has 2 heterocycles. The first-order valence-electron chi connectivity index (χ1n) is 12.6. The van der Waals surface area contributed by atoms with Gasteiger partial charge in [-0.25, -0.2) is 4.98 Å². The average molecular weight is 550 g/mol. The number of aryl methyl sites for hydroxylation is 1. The standard InChI is InChI=1S/C29H26F3N5O3/c1-18-12-19(6-7-23(18)27(38)36-28(17-33)8-9-28)25-15-35-26-24(34-11-10-29(30,31)32)14-22(16-37(25)26)40-21-5-3-4-20(13-21)39-2/h3-7,12-16,34H,8-11H2,1-2H3,(H,36,38). The van der Waals surface area contributed by atoms with Gasteiger partial charge in [-0.05, 0) is 49.6 Å². The Hall–Kier alpha value is -4.72. The first kappa shape index (κ1) is 26.9. The van der Waals surface area contributed by atoms with Gasteiger partial charge in [0.1, 0.15) is 22.8 Å². The largest absolute Gasteiger partial charge is 0.497 e. The number of carbonyl (C=O) groups excluding carboxylic acids is 1. The highest BCUT2D eigenvalue weighted by atomic mass is 19.4. The number of nitrogens with zero attached hydrogens (tertiary/aromatic N) is 3. The molecule has 0 atom stereocenters. The molecule has 0 radical (unpaired) electrons. The van der Waals surface area contributed by atoms with Crippen molar-refractivity contribution in [1.82, 2.24) is 14.7 Å². The summed E-state index contributed by atoms with van der Waals surface area (Å²) in [4.78, 5) is 17.2. The van der Waals surface area contributed by atoms with Crippen molar-refractivity contribution in [2.24, 2.45) is 0 Å². The van der Waals surface area contributed by atoms with Crippen molar-refractivity contribution < 1.29 is 27.4 Å². The van der Waals surface area contributed by atoms with Crippen LogP contribution in [-0.2, 0) is 0 Å². The molecule has 1 aliphatic carbocycles. The van der Waals surface area contributed by atoms with Crippen LogP contribution >= 0.6 is 0 Å². The predicted molar refractivity (Wildman–Crippen MR) is 143 cm³/mol. The topological polar surface area (TPSA) is 101 Å². The first-order valence-corrected chi connectivity index (χ1v) is 12.6. The Morgan fingerprint density at radius 3 is 2.60 bits per heavy atom. The lowest BCUT2D eigenvalue weighted by molar-refractivity contribution is -0.131. The fourth-order valence-corrected chi connectivity index (χ4v) is 4.35. The number of benzene rings is 2. The lowest BCUT2D eigenvalue weighted by Gasteiger charge is -2.14. The number of amides is 1. The maximum Gasteiger partial charge on any atom is 0.390 e. The number of methoxy groups -OCH3 is 1. The van der Waals surface area contributed by atoms with Gasteiger partial charge < -0.3 is 20.1 Å². The molecule has 1 saturated carbocycles. The van der Waals surface area contributed by atoms with Crippen molar-refractivity contribution in [1.29, 1.82) is 5.26 Å². The van der Waals surface area contributed by atoms with Crippen molar-refractivity contribution in [2.45, 2.75) is 37.9 Å². The molecule has 2 N–H and O–H groups in total. The molecule has 1 aliphatic rings. The van der Waals surface area contributed by atoms with E-state index in [1.807, 2.05) is 6.07 Å². The van der Waals surface area contributed by atoms with E-state index in [1.165, 1.54) is 7.11 Å². The summed E-state index contributed by atoms with van der Waals surface area (Å²) in [7, 11) is 1.54. The van der Waals surface area contributed by atoms with Crippen LogP contribution in [0.1, 0.15) is 35.2 Å². The van der Waals surface area contributed by atoms with Crippen molar-refractivity contribution in [3.8, 4) is 34.6 Å². The number of rotatable bonds is 9. The Morgan fingerprint density at radius 2 is 1.93 bits per heavy atom. The number of hydrogen-bond acceptors (Lipinski definition) is 6. The van der Waals surface area contributed by atoms with Crippen LogP contribution in [0.4, 0.5) is 18.9 Å². The Balaban J connectivity index is 1.50. The maximum atomic E-state index is 12.8. The third-order valence-corrected chi connectivity index (χ3v) is 6.67. The number of fused-ring (bicyclic) bond motifs is 1. The second kappa shape index (κ2) is 10.4. The molecule has 0 spiro atoms. The highest BCUT2D eigenvalue weighted by Gasteiger charge is 2.44. The molecular formula is C29H26F3N5O3. The number of imidazole rings is 1. The minimum atomic E-state index is -4.31. The molecule has 0 bridgehead atoms. The molecule has 0 saturated heterocycles. The van der Waals surface area contributed by atoms with Gasteiger partial charge in [-0.1, -0.05) is 12.1 Å². The van der Waals surface area contributed by atoms with Crippen molar-refractivity contribution in [2.75, 3.05) is 19.0 Å². The molecular weight excluding hydrogens is 523 g/mol. The summed E-state index contributed by atoms with van der Waals surface area (Å²) in [5.74, 6) is 1.13. The van der Waals surface area contributed by atoms with Gasteiger partial charge in [0.2, 0.25) is 0 Å². The third-order valence-electron chi connectivity index (χ3n) is 6.67. The summed E-state index contributed by atoms with van der Waals surface area (Å²) in [5, 5.41) is 14.9. The number of nitrogens with one attached hydrogen (secondary N) is 2. The van der Waals surface area contributed by atoms with Crippen LogP contribution < -0.4 is 20.1 Å². The zero-order valence-electron chi connectivity index (χ0n) is 21.8. The van der Waals surface area contributed by atoms with Crippen LogP contribution in [-0.4, -0.2) is 40.7 Å². The van der Waals surface area contributed by atoms with E-state index >= 15 is 0 Å². The van der Waals surface area contributed by atoms with Crippen molar-refractivity contribution in [3.05, 3.63) is 72.1 Å². The molecule has 40 heavy (non-hydrogen) atoms. The van der Waals surface area contributed by atoms with E-state index in [0.717, 1.165) is 5.56 Å². The summed E-state index contributed by atoms with van der Waals surface area (Å²) in [5.41, 5.74) is 2.55. The Morgan fingerprint density at radius 1 is 1.15 bits per heavy atom. The number of halogens is 3. The van der Waals surface area contributed by atoms with Crippen molar-refractivity contribution >= 4 is 17.2 Å². The monoisotopic (exact) mass is 549 g/mol. The van der Waals surface area contributed by atoms with E-state index in [2.05, 4.69) is 21.7 Å². The van der Waals surface area contributed by atoms with E-state index in [1.54, 1.807) is 66.2 Å². The molecule has 206 valence electrons. The average Bonchev–Trinajstić information content (AvgIpc) is 3.55. The Bertz CT molecular complexity index is 1620. The van der Waals surface area contributed by atoms with Gasteiger partial charge in [0.15, 0.2) is 5.65 Å². The molecule has 1 amide bonds. The van der Waals surface area contributed by atoms with E-state index < -0.39 is 18.1 Å². The summed E-state index contributed by atoms with van der Waals surface area (Å²) < 4.78 is 51.5. The summed E-state index contributed by atoms with van der Waals surface area (Å²) in [6.45, 7) is 1.46. The number of ether oxygens (including phenoxy) is 2. The summed E-state index contributed by atoms with van der Waals surface area (Å²) >= 11 is 0. The third kappa shape index (κ3) is 5.81. The minimum Gasteiger partial charge on any atom is -0.497 e. The van der Waals surface area contributed by atoms with E-state index in [4.69, 9.17) is 9.47 Å². The molecule has 2 aromatic carbocycles. The lowest BCUT2D eigenvalue weighted by Crippen LogP contribution is -2.35. The lowest BCUT2D eigenvalue weighted by atomic mass is 10.0. The van der Waals surface area contributed by atoms with Gasteiger partial charge in [0, 0.05) is 29.8 Å². The van der Waals surface area contributed by atoms with Crippen LogP contribution in [0.2, 0.25) is 0 Å². The molecule has 8 nitrogen and oxygen atoms in total. The molecule has 2 aromatic heterocycles. The van der Waals surface area contributed by atoms with Crippen LogP contribution in [0.25, 0.3) is 16.9 Å². The summed E-state index contributed by atoms with van der Waals surface area (Å²) in [6, 6.07) is 16.0. The van der Waals surface area contributed by atoms with E-state index in [9.17, 15) is 23.2 Å². The van der Waals surface area contributed by atoms with Gasteiger partial charge in [-0.15, -0.1) is 0 Å². The molecule has 4 aromatic rings. The Labute approximate surface area is 228 Å². The molecule has 1 fully saturated rings. The van der Waals surface area contributed by atoms with Crippen molar-refractivity contribution in [3.63, 3.8) is 0 Å². The SMILES string of the molecule is COc1cccc(Oc2cc(NCCC(F)(F)F)c3ncc(-c4ccc(C(=O)NC5(C#N)CC5)c(C)c4)n3c2)c1. The van der Waals surface area contributed by atoms with Gasteiger partial charge in [0.05, 0.1) is 43.4 Å². The number of alkyl halides is 3. The van der Waals surface area contributed by atoms with Gasteiger partial charge in [-0.2, -0.15) is 18.4 Å². The number of anilines is 1. The molecule has 11 heteroatoms. The zero-order valence-corrected chi connectivity index (χ0v) is 21.8. The quantitative estimate of drug-likeness (QED) is 0.256. The smallest absolute Gasteiger partial charge is 0.390 e. The number of aromatic nitrogens is 2. The van der Waals surface area contributed by atoms with Gasteiger partial charge in [-0.3, -0.25) is 9.20 Å². The van der Waals surface area contributed by atoms with E-state index in [0.29, 0.717) is 58.2 Å². The second-order valence-corrected chi connectivity index (χ2v) is 9.68. The minimum absolute atomic E-state index is 0.314. The van der Waals surface area contributed by atoms with Crippen LogP contribution in [0.3, 0.4) is 0 Å². The zero-order chi connectivity index (χ0) is 28.5. The second-order valence-electron chi connectivity index (χ2n) is 9.68. The van der Waals surface area contributed by atoms with Crippen LogP contribution in [0.15, 0.2) is 60.9 Å². The normalized spacial score (nSPS) is 13.9. The van der Waals surface area contributed by atoms with Gasteiger partial charge >= 0.3 is 6.18 Å². The number of nitriles is 1. The molecule has 5 rings (SSSR count). The number of pyridine rings is 1. The molecule has 0 aliphatic heterocycles. The predicted octanol–water partition coefficient (Wildman–Crippen LogP) is 6.26. The first-order chi connectivity index (χ1) is 19.1. The fraction of sp³-hybridized carbons (Fsp3) is 0.276. The maximum absolute atomic E-state index is 12.8. The van der Waals surface area contributed by atoms with Crippen LogP contribution in [0, 0.1) is 18.3 Å². The van der Waals surface area contributed by atoms with Gasteiger partial charge in [0.25, 0.3) is 5.91 Å². The fourth-order valence-electron chi connectivity index (χ4n) is 4.35. The number of carbonyl (C=O) groups is 1. The summed E-state index contributed by atoms with van der Waals surface area (Å²) in [6.07, 6.45) is -0.740. The Kier molecular flexibility index (Phi) is 7.02. The van der Waals surface area contributed by atoms with Crippen LogP contribution in [0.5, 0.6) is 17.2 Å². The highest BCUT2D eigenvalue weighted by Crippen LogP contribution is 2.36. The number of hydrogen-bond donors (Lipinski definition) is 2. The highest BCUT2D eigenvalue weighted by molar-refractivity contribution is 5.97. The molecule has 0 unspecified atom stereocenters.